The molecule has 1 aliphatic heterocycles. The van der Waals surface area contributed by atoms with E-state index in [4.69, 9.17) is 16.0 Å². The van der Waals surface area contributed by atoms with Gasteiger partial charge in [0.1, 0.15) is 5.76 Å². The third-order valence-electron chi connectivity index (χ3n) is 4.97. The van der Waals surface area contributed by atoms with Crippen molar-refractivity contribution in [2.45, 2.75) is 30.7 Å². The molecule has 0 spiro atoms. The Balaban J connectivity index is 1.39. The predicted molar refractivity (Wildman–Crippen MR) is 111 cm³/mol. The van der Waals surface area contributed by atoms with Gasteiger partial charge in [-0.1, -0.05) is 17.7 Å². The Bertz CT molecular complexity index is 970. The van der Waals surface area contributed by atoms with Crippen LogP contribution in [-0.4, -0.2) is 44.8 Å². The second-order valence-electron chi connectivity index (χ2n) is 7.06. The molecule has 2 amide bonds. The van der Waals surface area contributed by atoms with E-state index in [-0.39, 0.29) is 35.6 Å². The summed E-state index contributed by atoms with van der Waals surface area (Å²) in [5.74, 6) is 0.354. The van der Waals surface area contributed by atoms with Crippen molar-refractivity contribution >= 4 is 33.4 Å². The Hall–Kier alpha value is -2.36. The maximum Gasteiger partial charge on any atom is 0.240 e. The molecular weight excluding hydrogens is 430 g/mol. The number of rotatable bonds is 8. The zero-order valence-electron chi connectivity index (χ0n) is 16.3. The number of likely N-dealkylation sites (tertiary alicyclic amines) is 1. The number of carbonyl (C=O) groups excluding carboxylic acids is 2. The number of nitrogens with zero attached hydrogens (tertiary/aromatic N) is 1. The molecule has 2 heterocycles. The van der Waals surface area contributed by atoms with E-state index in [1.54, 1.807) is 35.4 Å². The molecule has 1 aromatic heterocycles. The molecule has 30 heavy (non-hydrogen) atoms. The lowest BCUT2D eigenvalue weighted by molar-refractivity contribution is -0.135. The Labute approximate surface area is 180 Å². The van der Waals surface area contributed by atoms with Gasteiger partial charge in [-0.3, -0.25) is 9.59 Å². The number of benzene rings is 1. The van der Waals surface area contributed by atoms with Crippen LogP contribution < -0.4 is 10.0 Å². The molecule has 1 aromatic carbocycles. The number of nitrogens with one attached hydrogen (secondary N) is 2. The summed E-state index contributed by atoms with van der Waals surface area (Å²) in [7, 11) is -3.72. The first-order valence-corrected chi connectivity index (χ1v) is 11.5. The number of furan rings is 1. The molecule has 1 fully saturated rings. The zero-order valence-corrected chi connectivity index (χ0v) is 17.9. The second-order valence-corrected chi connectivity index (χ2v) is 9.26. The molecule has 1 saturated heterocycles. The first-order valence-electron chi connectivity index (χ1n) is 9.68. The van der Waals surface area contributed by atoms with E-state index in [1.165, 1.54) is 12.1 Å². The van der Waals surface area contributed by atoms with Crippen LogP contribution in [-0.2, 0) is 26.2 Å². The minimum absolute atomic E-state index is 0.00274. The van der Waals surface area contributed by atoms with Crippen LogP contribution in [0.5, 0.6) is 0 Å². The summed E-state index contributed by atoms with van der Waals surface area (Å²) in [5.41, 5.74) is 0. The summed E-state index contributed by atoms with van der Waals surface area (Å²) in [4.78, 5) is 26.4. The van der Waals surface area contributed by atoms with Crippen molar-refractivity contribution < 1.29 is 22.4 Å². The van der Waals surface area contributed by atoms with Crippen LogP contribution in [0.15, 0.2) is 52.0 Å². The van der Waals surface area contributed by atoms with Crippen LogP contribution in [0.4, 0.5) is 0 Å². The highest BCUT2D eigenvalue weighted by Crippen LogP contribution is 2.19. The van der Waals surface area contributed by atoms with Crippen LogP contribution in [0.25, 0.3) is 0 Å². The number of piperidine rings is 1. The molecule has 0 radical (unpaired) electrons. The number of halogens is 1. The van der Waals surface area contributed by atoms with Gasteiger partial charge in [-0.05, 0) is 43.2 Å². The second kappa shape index (κ2) is 10.1. The molecule has 0 bridgehead atoms. The van der Waals surface area contributed by atoms with Crippen molar-refractivity contribution in [2.24, 2.45) is 5.92 Å². The zero-order chi connectivity index (χ0) is 21.6. The minimum Gasteiger partial charge on any atom is -0.467 e. The first-order chi connectivity index (χ1) is 14.3. The molecular formula is C20H24ClN3O5S. The Morgan fingerprint density at radius 3 is 2.60 bits per heavy atom. The van der Waals surface area contributed by atoms with Gasteiger partial charge < -0.3 is 14.6 Å². The molecule has 0 saturated carbocycles. The molecule has 2 aromatic rings. The number of amides is 2. The standard InChI is InChI=1S/C20H24ClN3O5S/c21-16-3-1-5-18(13-16)30(27,28)23-9-6-19(25)24-10-7-15(8-11-24)20(26)22-14-17-4-2-12-29-17/h1-5,12-13,15,23H,6-11,14H2,(H,22,26). The Morgan fingerprint density at radius 2 is 1.93 bits per heavy atom. The third-order valence-corrected chi connectivity index (χ3v) is 6.67. The largest absolute Gasteiger partial charge is 0.467 e. The van der Waals surface area contributed by atoms with Crippen molar-refractivity contribution in [2.75, 3.05) is 19.6 Å². The van der Waals surface area contributed by atoms with Crippen molar-refractivity contribution in [3.8, 4) is 0 Å². The predicted octanol–water partition coefficient (Wildman–Crippen LogP) is 2.16. The van der Waals surface area contributed by atoms with Crippen LogP contribution >= 0.6 is 11.6 Å². The van der Waals surface area contributed by atoms with E-state index < -0.39 is 10.0 Å². The highest BCUT2D eigenvalue weighted by Gasteiger charge is 2.27. The summed E-state index contributed by atoms with van der Waals surface area (Å²) >= 11 is 5.83. The van der Waals surface area contributed by atoms with Gasteiger partial charge in [0.05, 0.1) is 17.7 Å². The van der Waals surface area contributed by atoms with E-state index in [0.717, 1.165) is 0 Å². The molecule has 1 aliphatic rings. The Kier molecular flexibility index (Phi) is 7.52. The average molecular weight is 454 g/mol. The van der Waals surface area contributed by atoms with Crippen LogP contribution in [0, 0.1) is 5.92 Å². The Morgan fingerprint density at radius 1 is 1.17 bits per heavy atom. The molecule has 162 valence electrons. The monoisotopic (exact) mass is 453 g/mol. The molecule has 8 nitrogen and oxygen atoms in total. The normalized spacial score (nSPS) is 15.2. The third kappa shape index (κ3) is 6.07. The van der Waals surface area contributed by atoms with Gasteiger partial charge >= 0.3 is 0 Å². The van der Waals surface area contributed by atoms with Gasteiger partial charge in [-0.25, -0.2) is 13.1 Å². The lowest BCUT2D eigenvalue weighted by atomic mass is 9.95. The summed E-state index contributed by atoms with van der Waals surface area (Å²) in [5, 5.41) is 3.17. The minimum atomic E-state index is -3.72. The fourth-order valence-corrected chi connectivity index (χ4v) is 4.62. The fraction of sp³-hybridized carbons (Fsp3) is 0.400. The van der Waals surface area contributed by atoms with Crippen LogP contribution in [0.2, 0.25) is 5.02 Å². The van der Waals surface area contributed by atoms with Gasteiger partial charge in [0, 0.05) is 37.0 Å². The summed E-state index contributed by atoms with van der Waals surface area (Å²) < 4.78 is 32.1. The van der Waals surface area contributed by atoms with Gasteiger partial charge in [0.2, 0.25) is 21.8 Å². The summed E-state index contributed by atoms with van der Waals surface area (Å²) in [6.45, 7) is 1.28. The average Bonchev–Trinajstić information content (AvgIpc) is 3.25. The maximum absolute atomic E-state index is 12.4. The number of carbonyl (C=O) groups is 2. The van der Waals surface area contributed by atoms with E-state index >= 15 is 0 Å². The van der Waals surface area contributed by atoms with Crippen molar-refractivity contribution in [3.05, 3.63) is 53.4 Å². The molecule has 10 heteroatoms. The molecule has 0 aliphatic carbocycles. The number of hydrogen-bond acceptors (Lipinski definition) is 5. The first kappa shape index (κ1) is 22.3. The van der Waals surface area contributed by atoms with Gasteiger partial charge in [0.25, 0.3) is 0 Å². The maximum atomic E-state index is 12.4. The van der Waals surface area contributed by atoms with E-state index in [0.29, 0.717) is 43.3 Å². The summed E-state index contributed by atoms with van der Waals surface area (Å²) in [6.07, 6.45) is 2.75. The van der Waals surface area contributed by atoms with E-state index in [9.17, 15) is 18.0 Å². The van der Waals surface area contributed by atoms with Gasteiger partial charge in [-0.2, -0.15) is 0 Å². The number of hydrogen-bond donors (Lipinski definition) is 2. The van der Waals surface area contributed by atoms with E-state index in [1.807, 2.05) is 0 Å². The van der Waals surface area contributed by atoms with E-state index in [2.05, 4.69) is 10.0 Å². The van der Waals surface area contributed by atoms with Crippen molar-refractivity contribution in [1.82, 2.24) is 14.9 Å². The van der Waals surface area contributed by atoms with Gasteiger partial charge in [0.15, 0.2) is 0 Å². The number of sulfonamides is 1. The highest BCUT2D eigenvalue weighted by atomic mass is 35.5. The van der Waals surface area contributed by atoms with Gasteiger partial charge in [-0.15, -0.1) is 0 Å². The van der Waals surface area contributed by atoms with Crippen molar-refractivity contribution in [3.63, 3.8) is 0 Å². The highest BCUT2D eigenvalue weighted by molar-refractivity contribution is 7.89. The lowest BCUT2D eigenvalue weighted by Gasteiger charge is -2.31. The topological polar surface area (TPSA) is 109 Å². The lowest BCUT2D eigenvalue weighted by Crippen LogP contribution is -2.43. The SMILES string of the molecule is O=C(NCc1ccco1)C1CCN(C(=O)CCNS(=O)(=O)c2cccc(Cl)c2)CC1. The molecule has 0 unspecified atom stereocenters. The quantitative estimate of drug-likeness (QED) is 0.636. The fourth-order valence-electron chi connectivity index (χ4n) is 3.29. The smallest absolute Gasteiger partial charge is 0.240 e. The molecule has 3 rings (SSSR count). The molecule has 0 atom stereocenters. The molecule has 2 N–H and O–H groups in total. The van der Waals surface area contributed by atoms with Crippen LogP contribution in [0.3, 0.4) is 0 Å². The van der Waals surface area contributed by atoms with Crippen LogP contribution in [0.1, 0.15) is 25.0 Å². The van der Waals surface area contributed by atoms with Crippen molar-refractivity contribution in [1.29, 1.82) is 0 Å². The summed E-state index contributed by atoms with van der Waals surface area (Å²) in [6, 6.07) is 9.50.